The molecule has 0 bridgehead atoms. The number of carbonyl (C=O) groups excluding carboxylic acids is 1. The second-order valence-corrected chi connectivity index (χ2v) is 5.37. The molecule has 6 nitrogen and oxygen atoms in total. The molecule has 0 saturated carbocycles. The number of halogens is 1. The smallest absolute Gasteiger partial charge is 0.328 e. The molecule has 0 radical (unpaired) electrons. The zero-order valence-corrected chi connectivity index (χ0v) is 11.9. The molecule has 19 heavy (non-hydrogen) atoms. The van der Waals surface area contributed by atoms with E-state index in [0.29, 0.717) is 5.82 Å². The Morgan fingerprint density at radius 1 is 1.42 bits per heavy atom. The van der Waals surface area contributed by atoms with Crippen molar-refractivity contribution < 1.29 is 14.7 Å². The number of nitrogens with one attached hydrogen (secondary N) is 1. The topological polar surface area (TPSA) is 92.2 Å². The van der Waals surface area contributed by atoms with Crippen LogP contribution in [0.4, 0.5) is 0 Å². The zero-order chi connectivity index (χ0) is 14.8. The Morgan fingerprint density at radius 3 is 2.47 bits per heavy atom. The lowest BCUT2D eigenvalue weighted by molar-refractivity contribution is -0.143. The molecule has 7 heteroatoms. The highest BCUT2D eigenvalue weighted by Crippen LogP contribution is 2.17. The number of nitrogens with zero attached hydrogens (tertiary/aromatic N) is 2. The van der Waals surface area contributed by atoms with Crippen molar-refractivity contribution in [2.75, 3.05) is 0 Å². The molecule has 2 N–H and O–H groups in total. The van der Waals surface area contributed by atoms with Crippen molar-refractivity contribution in [1.29, 1.82) is 0 Å². The first-order valence-electron chi connectivity index (χ1n) is 5.73. The minimum Gasteiger partial charge on any atom is -0.480 e. The molecule has 0 aromatic carbocycles. The summed E-state index contributed by atoms with van der Waals surface area (Å²) in [5, 5.41) is 11.4. The normalized spacial score (nSPS) is 11.5. The summed E-state index contributed by atoms with van der Waals surface area (Å²) in [7, 11) is 0. The van der Waals surface area contributed by atoms with Crippen LogP contribution in [0.1, 0.15) is 49.9 Å². The van der Waals surface area contributed by atoms with Gasteiger partial charge in [0, 0.05) is 5.92 Å². The Balaban J connectivity index is 3.06. The molecule has 0 aliphatic carbocycles. The molecule has 1 rings (SSSR count). The van der Waals surface area contributed by atoms with Crippen LogP contribution in [0.3, 0.4) is 0 Å². The van der Waals surface area contributed by atoms with Crippen LogP contribution in [0.5, 0.6) is 0 Å². The van der Waals surface area contributed by atoms with Crippen LogP contribution in [0.2, 0.25) is 5.02 Å². The number of rotatable bonds is 4. The monoisotopic (exact) mass is 285 g/mol. The van der Waals surface area contributed by atoms with Gasteiger partial charge in [0.1, 0.15) is 17.1 Å². The molecule has 0 saturated heterocycles. The molecule has 104 valence electrons. The molecule has 1 aromatic heterocycles. The van der Waals surface area contributed by atoms with E-state index >= 15 is 0 Å². The third-order valence-corrected chi connectivity index (χ3v) is 2.73. The Bertz CT molecular complexity index is 515. The molecule has 0 aliphatic rings. The van der Waals surface area contributed by atoms with Gasteiger partial charge >= 0.3 is 5.97 Å². The summed E-state index contributed by atoms with van der Waals surface area (Å²) in [6.45, 7) is 6.52. The van der Waals surface area contributed by atoms with Crippen LogP contribution in [0.25, 0.3) is 0 Å². The van der Waals surface area contributed by atoms with Gasteiger partial charge in [-0.15, -0.1) is 0 Å². The van der Waals surface area contributed by atoms with E-state index in [9.17, 15) is 9.59 Å². The average molecular weight is 286 g/mol. The van der Waals surface area contributed by atoms with Gasteiger partial charge in [-0.3, -0.25) is 4.79 Å². The van der Waals surface area contributed by atoms with Crippen LogP contribution in [0.15, 0.2) is 6.20 Å². The molecule has 0 aliphatic heterocycles. The predicted molar refractivity (Wildman–Crippen MR) is 70.3 cm³/mol. The summed E-state index contributed by atoms with van der Waals surface area (Å²) in [5.74, 6) is -1.27. The van der Waals surface area contributed by atoms with E-state index in [1.165, 1.54) is 20.0 Å². The molecule has 0 fully saturated rings. The maximum Gasteiger partial charge on any atom is 0.328 e. The second-order valence-electron chi connectivity index (χ2n) is 4.96. The van der Waals surface area contributed by atoms with Crippen molar-refractivity contribution in [2.24, 2.45) is 0 Å². The quantitative estimate of drug-likeness (QED) is 0.881. The maximum atomic E-state index is 12.0. The molecule has 1 heterocycles. The fourth-order valence-electron chi connectivity index (χ4n) is 1.21. The predicted octanol–water partition coefficient (Wildman–Crippen LogP) is 1.85. The van der Waals surface area contributed by atoms with E-state index in [2.05, 4.69) is 15.3 Å². The molecule has 0 spiro atoms. The van der Waals surface area contributed by atoms with Crippen LogP contribution in [-0.2, 0) is 4.79 Å². The Kier molecular flexibility index (Phi) is 4.47. The van der Waals surface area contributed by atoms with Gasteiger partial charge < -0.3 is 10.4 Å². The molecular weight excluding hydrogens is 270 g/mol. The van der Waals surface area contributed by atoms with E-state index in [0.717, 1.165) is 0 Å². The van der Waals surface area contributed by atoms with Crippen LogP contribution in [-0.4, -0.2) is 32.5 Å². The minimum absolute atomic E-state index is 0.0188. The standard InChI is InChI=1S/C12H16ClN3O3/c1-6(2)9-14-5-7(13)8(15-9)10(17)16-12(3,4)11(18)19/h5-6H,1-4H3,(H,16,17)(H,18,19). The van der Waals surface area contributed by atoms with E-state index < -0.39 is 17.4 Å². The highest BCUT2D eigenvalue weighted by Gasteiger charge is 2.30. The first-order chi connectivity index (χ1) is 8.65. The summed E-state index contributed by atoms with van der Waals surface area (Å²) in [6.07, 6.45) is 1.34. The summed E-state index contributed by atoms with van der Waals surface area (Å²) in [4.78, 5) is 31.1. The van der Waals surface area contributed by atoms with Gasteiger partial charge in [0.05, 0.1) is 11.2 Å². The van der Waals surface area contributed by atoms with Crippen molar-refractivity contribution in [1.82, 2.24) is 15.3 Å². The number of aliphatic carboxylic acids is 1. The Morgan fingerprint density at radius 2 is 2.00 bits per heavy atom. The maximum absolute atomic E-state index is 12.0. The van der Waals surface area contributed by atoms with Crippen molar-refractivity contribution in [3.05, 3.63) is 22.7 Å². The number of carboxylic acids is 1. The SMILES string of the molecule is CC(C)c1ncc(Cl)c(C(=O)NC(C)(C)C(=O)O)n1. The number of carbonyl (C=O) groups is 2. The van der Waals surface area contributed by atoms with Crippen LogP contribution in [0, 0.1) is 0 Å². The summed E-state index contributed by atoms with van der Waals surface area (Å²) >= 11 is 5.87. The van der Waals surface area contributed by atoms with Gasteiger partial charge in [0.25, 0.3) is 5.91 Å². The zero-order valence-electron chi connectivity index (χ0n) is 11.2. The minimum atomic E-state index is -1.40. The largest absolute Gasteiger partial charge is 0.480 e. The fraction of sp³-hybridized carbons (Fsp3) is 0.500. The first-order valence-corrected chi connectivity index (χ1v) is 6.11. The van der Waals surface area contributed by atoms with E-state index in [-0.39, 0.29) is 16.6 Å². The lowest BCUT2D eigenvalue weighted by Gasteiger charge is -2.21. The molecule has 1 aromatic rings. The summed E-state index contributed by atoms with van der Waals surface area (Å²) < 4.78 is 0. The van der Waals surface area contributed by atoms with Crippen LogP contribution < -0.4 is 5.32 Å². The van der Waals surface area contributed by atoms with Crippen molar-refractivity contribution in [3.63, 3.8) is 0 Å². The lowest BCUT2D eigenvalue weighted by Crippen LogP contribution is -2.50. The number of amides is 1. The summed E-state index contributed by atoms with van der Waals surface area (Å²) in [6, 6.07) is 0. The third kappa shape index (κ3) is 3.64. The van der Waals surface area contributed by atoms with Gasteiger partial charge in [-0.2, -0.15) is 0 Å². The number of hydrogen-bond acceptors (Lipinski definition) is 4. The van der Waals surface area contributed by atoms with Gasteiger partial charge in [0.15, 0.2) is 0 Å². The molecular formula is C12H16ClN3O3. The number of aromatic nitrogens is 2. The van der Waals surface area contributed by atoms with Gasteiger partial charge in [-0.25, -0.2) is 14.8 Å². The second kappa shape index (κ2) is 5.52. The van der Waals surface area contributed by atoms with Gasteiger partial charge in [-0.05, 0) is 13.8 Å². The lowest BCUT2D eigenvalue weighted by atomic mass is 10.1. The van der Waals surface area contributed by atoms with Gasteiger partial charge in [-0.1, -0.05) is 25.4 Å². The Hall–Kier alpha value is -1.69. The number of carboxylic acid groups (broad SMARTS) is 1. The van der Waals surface area contributed by atoms with E-state index in [1.54, 1.807) is 0 Å². The van der Waals surface area contributed by atoms with E-state index in [1.807, 2.05) is 13.8 Å². The molecule has 0 atom stereocenters. The van der Waals surface area contributed by atoms with Crippen molar-refractivity contribution >= 4 is 23.5 Å². The fourth-order valence-corrected chi connectivity index (χ4v) is 1.39. The van der Waals surface area contributed by atoms with Gasteiger partial charge in [0.2, 0.25) is 0 Å². The van der Waals surface area contributed by atoms with Crippen LogP contribution >= 0.6 is 11.6 Å². The molecule has 1 amide bonds. The highest BCUT2D eigenvalue weighted by atomic mass is 35.5. The number of hydrogen-bond donors (Lipinski definition) is 2. The average Bonchev–Trinajstić information content (AvgIpc) is 2.28. The summed E-state index contributed by atoms with van der Waals surface area (Å²) in [5.41, 5.74) is -1.42. The molecule has 0 unspecified atom stereocenters. The highest BCUT2D eigenvalue weighted by molar-refractivity contribution is 6.33. The third-order valence-electron chi connectivity index (χ3n) is 2.45. The Labute approximate surface area is 116 Å². The van der Waals surface area contributed by atoms with Crippen molar-refractivity contribution in [3.8, 4) is 0 Å². The van der Waals surface area contributed by atoms with E-state index in [4.69, 9.17) is 16.7 Å². The first kappa shape index (κ1) is 15.4. The van der Waals surface area contributed by atoms with Crippen molar-refractivity contribution in [2.45, 2.75) is 39.2 Å².